The number of methoxy groups -OCH3 is 1. The second kappa shape index (κ2) is 8.12. The summed E-state index contributed by atoms with van der Waals surface area (Å²) >= 11 is 0. The fourth-order valence-electron chi connectivity index (χ4n) is 3.29. The van der Waals surface area contributed by atoms with Crippen LogP contribution in [0.4, 0.5) is 0 Å². The first-order valence-corrected chi connectivity index (χ1v) is 9.06. The topological polar surface area (TPSA) is 74.8 Å². The van der Waals surface area contributed by atoms with Gasteiger partial charge in [0.1, 0.15) is 5.75 Å². The summed E-state index contributed by atoms with van der Waals surface area (Å²) < 4.78 is 7.50. The van der Waals surface area contributed by atoms with Crippen molar-refractivity contribution in [2.45, 2.75) is 52.6 Å². The third kappa shape index (κ3) is 3.61. The SMILES string of the molecule is CCCCCCn1c(=O)c(Cn2ncnn2)c(OC)c2cc(C)ccc21. The van der Waals surface area contributed by atoms with Crippen molar-refractivity contribution in [1.29, 1.82) is 0 Å². The highest BCUT2D eigenvalue weighted by molar-refractivity contribution is 5.87. The number of unbranched alkanes of at least 4 members (excludes halogenated alkanes) is 3. The number of aromatic nitrogens is 5. The van der Waals surface area contributed by atoms with Crippen molar-refractivity contribution in [3.8, 4) is 5.75 Å². The van der Waals surface area contributed by atoms with Crippen LogP contribution in [0.25, 0.3) is 10.9 Å². The number of tetrazole rings is 1. The standard InChI is InChI=1S/C19H25N5O2/c1-4-5-6-7-10-23-17-9-8-14(2)11-15(17)18(26-3)16(19(23)25)12-24-21-13-20-22-24/h8-9,11,13H,4-7,10,12H2,1-3H3. The molecule has 0 aliphatic heterocycles. The van der Waals surface area contributed by atoms with E-state index >= 15 is 0 Å². The smallest absolute Gasteiger partial charge is 0.259 e. The van der Waals surface area contributed by atoms with Crippen LogP contribution in [-0.4, -0.2) is 31.9 Å². The average Bonchev–Trinajstić information content (AvgIpc) is 3.14. The number of ether oxygens (including phenoxy) is 1. The third-order valence-electron chi connectivity index (χ3n) is 4.60. The van der Waals surface area contributed by atoms with Crippen molar-refractivity contribution in [3.63, 3.8) is 0 Å². The molecule has 0 spiro atoms. The van der Waals surface area contributed by atoms with Crippen molar-refractivity contribution in [1.82, 2.24) is 24.8 Å². The van der Waals surface area contributed by atoms with E-state index in [1.165, 1.54) is 24.0 Å². The molecule has 0 fully saturated rings. The molecule has 0 unspecified atom stereocenters. The minimum Gasteiger partial charge on any atom is -0.495 e. The molecule has 138 valence electrons. The van der Waals surface area contributed by atoms with Gasteiger partial charge in [0.2, 0.25) is 0 Å². The van der Waals surface area contributed by atoms with Gasteiger partial charge in [-0.2, -0.15) is 4.80 Å². The summed E-state index contributed by atoms with van der Waals surface area (Å²) in [6, 6.07) is 6.10. The molecule has 7 nitrogen and oxygen atoms in total. The number of nitrogens with zero attached hydrogens (tertiary/aromatic N) is 5. The van der Waals surface area contributed by atoms with E-state index in [2.05, 4.69) is 28.4 Å². The monoisotopic (exact) mass is 355 g/mol. The van der Waals surface area contributed by atoms with Crippen LogP contribution in [0.15, 0.2) is 29.3 Å². The van der Waals surface area contributed by atoms with E-state index < -0.39 is 0 Å². The van der Waals surface area contributed by atoms with E-state index in [-0.39, 0.29) is 12.1 Å². The predicted octanol–water partition coefficient (Wildman–Crippen LogP) is 2.93. The molecule has 0 bridgehead atoms. The van der Waals surface area contributed by atoms with E-state index in [1.807, 2.05) is 23.6 Å². The first kappa shape index (κ1) is 18.1. The van der Waals surface area contributed by atoms with Gasteiger partial charge in [0.15, 0.2) is 6.33 Å². The highest BCUT2D eigenvalue weighted by Crippen LogP contribution is 2.29. The maximum atomic E-state index is 13.2. The largest absolute Gasteiger partial charge is 0.495 e. The Morgan fingerprint density at radius 1 is 1.19 bits per heavy atom. The Hall–Kier alpha value is -2.70. The number of aryl methyl sites for hydroxylation is 2. The zero-order valence-corrected chi connectivity index (χ0v) is 15.6. The molecule has 2 heterocycles. The lowest BCUT2D eigenvalue weighted by molar-refractivity contribution is 0.406. The average molecular weight is 355 g/mol. The Kier molecular flexibility index (Phi) is 5.65. The molecule has 0 aliphatic carbocycles. The van der Waals surface area contributed by atoms with Crippen LogP contribution in [0.2, 0.25) is 0 Å². The molecule has 2 aromatic heterocycles. The van der Waals surface area contributed by atoms with E-state index in [4.69, 9.17) is 4.74 Å². The molecule has 0 atom stereocenters. The second-order valence-corrected chi connectivity index (χ2v) is 6.52. The van der Waals surface area contributed by atoms with Crippen molar-refractivity contribution in [3.05, 3.63) is 46.0 Å². The summed E-state index contributed by atoms with van der Waals surface area (Å²) in [6.07, 6.45) is 5.80. The molecule has 0 N–H and O–H groups in total. The number of rotatable bonds is 8. The van der Waals surface area contributed by atoms with Gasteiger partial charge in [0.25, 0.3) is 5.56 Å². The Bertz CT molecular complexity index is 931. The van der Waals surface area contributed by atoms with Crippen LogP contribution in [0.1, 0.15) is 43.7 Å². The van der Waals surface area contributed by atoms with Crippen LogP contribution in [0.5, 0.6) is 5.75 Å². The number of hydrogen-bond acceptors (Lipinski definition) is 5. The van der Waals surface area contributed by atoms with E-state index in [0.717, 1.165) is 29.3 Å². The lowest BCUT2D eigenvalue weighted by atomic mass is 10.1. The van der Waals surface area contributed by atoms with Gasteiger partial charge in [0, 0.05) is 11.9 Å². The molecule has 0 radical (unpaired) electrons. The number of fused-ring (bicyclic) bond motifs is 1. The molecule has 26 heavy (non-hydrogen) atoms. The molecular formula is C19H25N5O2. The maximum absolute atomic E-state index is 13.2. The van der Waals surface area contributed by atoms with Gasteiger partial charge in [-0.05, 0) is 30.7 Å². The summed E-state index contributed by atoms with van der Waals surface area (Å²) in [5.41, 5.74) is 2.53. The summed E-state index contributed by atoms with van der Waals surface area (Å²) in [5.74, 6) is 0.593. The van der Waals surface area contributed by atoms with Crippen molar-refractivity contribution < 1.29 is 4.74 Å². The fourth-order valence-corrected chi connectivity index (χ4v) is 3.29. The van der Waals surface area contributed by atoms with Gasteiger partial charge in [-0.1, -0.05) is 37.8 Å². The summed E-state index contributed by atoms with van der Waals surface area (Å²) in [6.45, 7) is 5.15. The van der Waals surface area contributed by atoms with Gasteiger partial charge < -0.3 is 9.30 Å². The van der Waals surface area contributed by atoms with Crippen LogP contribution in [0.3, 0.4) is 0 Å². The van der Waals surface area contributed by atoms with Gasteiger partial charge >= 0.3 is 0 Å². The first-order valence-electron chi connectivity index (χ1n) is 9.06. The zero-order valence-electron chi connectivity index (χ0n) is 15.6. The normalized spacial score (nSPS) is 11.2. The molecule has 1 aromatic carbocycles. The highest BCUT2D eigenvalue weighted by atomic mass is 16.5. The van der Waals surface area contributed by atoms with Crippen molar-refractivity contribution in [2.75, 3.05) is 7.11 Å². The molecule has 7 heteroatoms. The molecule has 3 rings (SSSR count). The van der Waals surface area contributed by atoms with Gasteiger partial charge in [-0.3, -0.25) is 4.79 Å². The molecule has 0 saturated carbocycles. The van der Waals surface area contributed by atoms with Crippen LogP contribution < -0.4 is 10.3 Å². The Balaban J connectivity index is 2.14. The van der Waals surface area contributed by atoms with Crippen LogP contribution in [0, 0.1) is 6.92 Å². The summed E-state index contributed by atoms with van der Waals surface area (Å²) in [5, 5.41) is 12.6. The van der Waals surface area contributed by atoms with Crippen LogP contribution >= 0.6 is 0 Å². The Morgan fingerprint density at radius 3 is 2.73 bits per heavy atom. The van der Waals surface area contributed by atoms with E-state index in [0.29, 0.717) is 17.9 Å². The van der Waals surface area contributed by atoms with E-state index in [9.17, 15) is 4.79 Å². The first-order chi connectivity index (χ1) is 12.7. The predicted molar refractivity (Wildman–Crippen MR) is 101 cm³/mol. The zero-order chi connectivity index (χ0) is 18.5. The van der Waals surface area contributed by atoms with Crippen molar-refractivity contribution >= 4 is 10.9 Å². The molecule has 0 amide bonds. The lowest BCUT2D eigenvalue weighted by Gasteiger charge is -2.17. The summed E-state index contributed by atoms with van der Waals surface area (Å²) in [7, 11) is 1.60. The quantitative estimate of drug-likeness (QED) is 0.581. The summed E-state index contributed by atoms with van der Waals surface area (Å²) in [4.78, 5) is 14.6. The van der Waals surface area contributed by atoms with Gasteiger partial charge in [0.05, 0.1) is 24.7 Å². The second-order valence-electron chi connectivity index (χ2n) is 6.52. The molecular weight excluding hydrogens is 330 g/mol. The molecule has 0 saturated heterocycles. The molecule has 3 aromatic rings. The van der Waals surface area contributed by atoms with E-state index in [1.54, 1.807) is 7.11 Å². The maximum Gasteiger partial charge on any atom is 0.259 e. The van der Waals surface area contributed by atoms with Gasteiger partial charge in [-0.25, -0.2) is 0 Å². The molecule has 0 aliphatic rings. The number of benzene rings is 1. The van der Waals surface area contributed by atoms with Gasteiger partial charge in [-0.15, -0.1) is 10.2 Å². The van der Waals surface area contributed by atoms with Crippen LogP contribution in [-0.2, 0) is 13.1 Å². The lowest BCUT2D eigenvalue weighted by Crippen LogP contribution is -2.27. The minimum atomic E-state index is -0.0491. The minimum absolute atomic E-state index is 0.0491. The Labute approximate surface area is 152 Å². The fraction of sp³-hybridized carbons (Fsp3) is 0.474. The Morgan fingerprint density at radius 2 is 2.04 bits per heavy atom. The highest BCUT2D eigenvalue weighted by Gasteiger charge is 2.18. The third-order valence-corrected chi connectivity index (χ3v) is 4.60. The number of hydrogen-bond donors (Lipinski definition) is 0. The number of pyridine rings is 1. The van der Waals surface area contributed by atoms with Crippen molar-refractivity contribution in [2.24, 2.45) is 0 Å².